The van der Waals surface area contributed by atoms with Crippen molar-refractivity contribution in [3.63, 3.8) is 0 Å². The highest BCUT2D eigenvalue weighted by Gasteiger charge is 2.49. The molecular formula is C30H28N8O2. The Morgan fingerprint density at radius 2 is 1.98 bits per heavy atom. The van der Waals surface area contributed by atoms with Crippen molar-refractivity contribution in [1.82, 2.24) is 19.9 Å². The first-order valence-electron chi connectivity index (χ1n) is 13.6. The summed E-state index contributed by atoms with van der Waals surface area (Å²) in [6, 6.07) is 15.9. The number of pyridine rings is 1. The largest absolute Gasteiger partial charge is 0.351 e. The second kappa shape index (κ2) is 9.48. The van der Waals surface area contributed by atoms with Gasteiger partial charge in [0.15, 0.2) is 5.82 Å². The lowest BCUT2D eigenvalue weighted by Gasteiger charge is -2.37. The maximum absolute atomic E-state index is 13.1. The molecule has 200 valence electrons. The van der Waals surface area contributed by atoms with Crippen LogP contribution < -0.4 is 11.1 Å². The molecule has 1 atom stereocenters. The van der Waals surface area contributed by atoms with E-state index >= 15 is 0 Å². The zero-order valence-electron chi connectivity index (χ0n) is 21.9. The molecule has 5 heterocycles. The Labute approximate surface area is 230 Å². The molecule has 4 aromatic rings. The number of carbonyl (C=O) groups is 2. The van der Waals surface area contributed by atoms with Crippen molar-refractivity contribution in [3.8, 4) is 11.3 Å². The van der Waals surface area contributed by atoms with E-state index < -0.39 is 11.4 Å². The first kappa shape index (κ1) is 24.3. The number of anilines is 1. The van der Waals surface area contributed by atoms with Crippen LogP contribution in [0.4, 0.5) is 16.3 Å². The van der Waals surface area contributed by atoms with Gasteiger partial charge < -0.3 is 16.0 Å². The molecular weight excluding hydrogens is 504 g/mol. The van der Waals surface area contributed by atoms with Gasteiger partial charge in [0.1, 0.15) is 0 Å². The molecule has 2 aromatic carbocycles. The molecule has 7 rings (SSSR count). The van der Waals surface area contributed by atoms with E-state index in [0.29, 0.717) is 31.7 Å². The van der Waals surface area contributed by atoms with Crippen molar-refractivity contribution < 1.29 is 9.59 Å². The van der Waals surface area contributed by atoms with Crippen LogP contribution in [0.3, 0.4) is 0 Å². The molecule has 0 saturated carbocycles. The zero-order valence-corrected chi connectivity index (χ0v) is 21.9. The summed E-state index contributed by atoms with van der Waals surface area (Å²) in [6.45, 7) is 0.903. The summed E-state index contributed by atoms with van der Waals surface area (Å²) in [4.78, 5) is 40.3. The highest BCUT2D eigenvalue weighted by Crippen LogP contribution is 2.46. The van der Waals surface area contributed by atoms with E-state index in [2.05, 4.69) is 43.7 Å². The van der Waals surface area contributed by atoms with Crippen LogP contribution in [0.1, 0.15) is 36.1 Å². The van der Waals surface area contributed by atoms with Gasteiger partial charge in [-0.1, -0.05) is 18.2 Å². The number of aromatic nitrogens is 3. The van der Waals surface area contributed by atoms with Gasteiger partial charge in [-0.25, -0.2) is 14.8 Å². The lowest BCUT2D eigenvalue weighted by Crippen LogP contribution is -2.49. The molecule has 1 fully saturated rings. The highest BCUT2D eigenvalue weighted by atomic mass is 16.2. The van der Waals surface area contributed by atoms with E-state index in [1.807, 2.05) is 30.3 Å². The molecule has 10 heteroatoms. The van der Waals surface area contributed by atoms with Gasteiger partial charge in [-0.3, -0.25) is 9.78 Å². The van der Waals surface area contributed by atoms with Crippen LogP contribution in [-0.2, 0) is 23.1 Å². The average Bonchev–Trinajstić information content (AvgIpc) is 3.10. The summed E-state index contributed by atoms with van der Waals surface area (Å²) in [5.74, 6) is 0.535. The monoisotopic (exact) mass is 532 g/mol. The molecule has 3 aliphatic rings. The number of nitrogens with two attached hydrogens (primary N) is 1. The number of aryl methyl sites for hydroxylation is 1. The van der Waals surface area contributed by atoms with Gasteiger partial charge in [0.05, 0.1) is 34.6 Å². The third kappa shape index (κ3) is 4.16. The van der Waals surface area contributed by atoms with Crippen molar-refractivity contribution in [2.45, 2.75) is 43.6 Å². The maximum Gasteiger partial charge on any atom is 0.314 e. The number of amides is 3. The number of hydrogen-bond acceptors (Lipinski definition) is 7. The van der Waals surface area contributed by atoms with E-state index in [4.69, 9.17) is 10.7 Å². The Balaban J connectivity index is 1.11. The fraction of sp³-hybridized carbons (Fsp3) is 0.300. The minimum absolute atomic E-state index is 0.0223. The van der Waals surface area contributed by atoms with Gasteiger partial charge in [-0.15, -0.1) is 5.11 Å². The molecule has 3 amide bonds. The van der Waals surface area contributed by atoms with Crippen LogP contribution in [0.2, 0.25) is 0 Å². The maximum atomic E-state index is 13.1. The van der Waals surface area contributed by atoms with Crippen molar-refractivity contribution in [2.24, 2.45) is 16.0 Å². The number of hydrogen-bond donors (Lipinski definition) is 2. The van der Waals surface area contributed by atoms with Gasteiger partial charge in [0, 0.05) is 35.9 Å². The SMILES string of the molecule is NC(=O)N1CCC2(CC1)C(=O)Nc1ccc(-c3cnc4c(n3)CCC(Cc3ccc5ncccc5c3)N=N4)cc12. The molecule has 0 radical (unpaired) electrons. The summed E-state index contributed by atoms with van der Waals surface area (Å²) in [6.07, 6.45) is 6.92. The molecule has 40 heavy (non-hydrogen) atoms. The Kier molecular flexibility index (Phi) is 5.76. The van der Waals surface area contributed by atoms with Crippen LogP contribution in [0, 0.1) is 0 Å². The topological polar surface area (TPSA) is 139 Å². The van der Waals surface area contributed by atoms with E-state index in [1.54, 1.807) is 17.3 Å². The third-order valence-corrected chi connectivity index (χ3v) is 8.43. The number of nitrogens with zero attached hydrogens (tertiary/aromatic N) is 6. The number of likely N-dealkylation sites (tertiary alicyclic amines) is 1. The van der Waals surface area contributed by atoms with Gasteiger partial charge in [-0.05, 0) is 73.6 Å². The number of primary amides is 1. The standard InChI is InChI=1S/C30H28N8O2/c31-29(40)38-12-9-30(10-13-38)22-16-20(4-7-24(22)35-28(30)39)26-17-33-27-25(34-26)8-5-21(36-37-27)15-18-3-6-23-19(14-18)2-1-11-32-23/h1-4,6-7,11,14,16-17,21H,5,8-10,12-13,15H2,(H2,31,40)(H,35,39). The number of urea groups is 1. The Morgan fingerprint density at radius 3 is 2.83 bits per heavy atom. The first-order chi connectivity index (χ1) is 19.5. The van der Waals surface area contributed by atoms with Crippen LogP contribution in [0.25, 0.3) is 22.2 Å². The number of benzene rings is 2. The summed E-state index contributed by atoms with van der Waals surface area (Å²) in [5.41, 5.74) is 11.2. The van der Waals surface area contributed by atoms with Crippen LogP contribution >= 0.6 is 0 Å². The fourth-order valence-electron chi connectivity index (χ4n) is 6.15. The number of piperidine rings is 1. The summed E-state index contributed by atoms with van der Waals surface area (Å²) < 4.78 is 0. The lowest BCUT2D eigenvalue weighted by molar-refractivity contribution is -0.122. The van der Waals surface area contributed by atoms with Crippen molar-refractivity contribution >= 4 is 34.3 Å². The van der Waals surface area contributed by atoms with Gasteiger partial charge in [-0.2, -0.15) is 5.11 Å². The summed E-state index contributed by atoms with van der Waals surface area (Å²) in [7, 11) is 0. The first-order valence-corrected chi connectivity index (χ1v) is 13.6. The van der Waals surface area contributed by atoms with Crippen LogP contribution in [0.5, 0.6) is 0 Å². The molecule has 0 bridgehead atoms. The Hall–Kier alpha value is -4.73. The van der Waals surface area contributed by atoms with E-state index in [9.17, 15) is 9.59 Å². The van der Waals surface area contributed by atoms with Crippen LogP contribution in [0.15, 0.2) is 71.2 Å². The molecule has 10 nitrogen and oxygen atoms in total. The average molecular weight is 533 g/mol. The van der Waals surface area contributed by atoms with Crippen LogP contribution in [-0.4, -0.2) is 50.9 Å². The third-order valence-electron chi connectivity index (χ3n) is 8.43. The second-order valence-electron chi connectivity index (χ2n) is 10.8. The molecule has 0 aliphatic carbocycles. The number of fused-ring (bicyclic) bond motifs is 4. The number of nitrogens with one attached hydrogen (secondary N) is 1. The molecule has 1 spiro atoms. The quantitative estimate of drug-likeness (QED) is 0.394. The zero-order chi connectivity index (χ0) is 27.3. The van der Waals surface area contributed by atoms with Crippen molar-refractivity contribution in [2.75, 3.05) is 18.4 Å². The molecule has 3 aliphatic heterocycles. The van der Waals surface area contributed by atoms with Gasteiger partial charge in [0.2, 0.25) is 5.91 Å². The number of azo groups is 1. The normalized spacial score (nSPS) is 19.2. The van der Waals surface area contributed by atoms with Crippen molar-refractivity contribution in [3.05, 3.63) is 77.7 Å². The lowest BCUT2D eigenvalue weighted by atomic mass is 9.73. The van der Waals surface area contributed by atoms with Gasteiger partial charge in [0.25, 0.3) is 0 Å². The highest BCUT2D eigenvalue weighted by molar-refractivity contribution is 6.07. The predicted octanol–water partition coefficient (Wildman–Crippen LogP) is 4.70. The van der Waals surface area contributed by atoms with E-state index in [-0.39, 0.29) is 11.9 Å². The predicted molar refractivity (Wildman–Crippen MR) is 150 cm³/mol. The van der Waals surface area contributed by atoms with E-state index in [1.165, 1.54) is 5.56 Å². The Morgan fingerprint density at radius 1 is 1.10 bits per heavy atom. The van der Waals surface area contributed by atoms with Crippen molar-refractivity contribution in [1.29, 1.82) is 0 Å². The number of rotatable bonds is 3. The summed E-state index contributed by atoms with van der Waals surface area (Å²) >= 11 is 0. The Bertz CT molecular complexity index is 1690. The molecule has 3 N–H and O–H groups in total. The smallest absolute Gasteiger partial charge is 0.314 e. The van der Waals surface area contributed by atoms with E-state index in [0.717, 1.165) is 58.4 Å². The fourth-order valence-corrected chi connectivity index (χ4v) is 6.15. The minimum Gasteiger partial charge on any atom is -0.351 e. The molecule has 1 saturated heterocycles. The second-order valence-corrected chi connectivity index (χ2v) is 10.8. The molecule has 1 unspecified atom stereocenters. The number of carbonyl (C=O) groups excluding carboxylic acids is 2. The minimum atomic E-state index is -0.670. The molecule has 2 aromatic heterocycles. The summed E-state index contributed by atoms with van der Waals surface area (Å²) in [5, 5.41) is 13.2. The van der Waals surface area contributed by atoms with Gasteiger partial charge >= 0.3 is 6.03 Å².